The van der Waals surface area contributed by atoms with Gasteiger partial charge in [-0.25, -0.2) is 0 Å². The highest BCUT2D eigenvalue weighted by Crippen LogP contribution is 2.22. The number of phenols is 1. The van der Waals surface area contributed by atoms with Gasteiger partial charge in [0.15, 0.2) is 0 Å². The molecule has 2 N–H and O–H groups in total. The number of benzene rings is 1. The first-order valence-electron chi connectivity index (χ1n) is 6.55. The molecule has 0 bridgehead atoms. The van der Waals surface area contributed by atoms with Crippen LogP contribution >= 0.6 is 15.9 Å². The highest BCUT2D eigenvalue weighted by atomic mass is 79.9. The fourth-order valence-electron chi connectivity index (χ4n) is 2.17. The monoisotopic (exact) mass is 327 g/mol. The quantitative estimate of drug-likeness (QED) is 0.894. The van der Waals surface area contributed by atoms with E-state index in [1.807, 2.05) is 0 Å². The molecule has 104 valence electrons. The topological polar surface area (TPSA) is 58.6 Å². The Hall–Kier alpha value is -1.07. The zero-order valence-corrected chi connectivity index (χ0v) is 12.3. The zero-order chi connectivity index (χ0) is 13.7. The summed E-state index contributed by atoms with van der Waals surface area (Å²) in [4.78, 5) is 11.9. The van der Waals surface area contributed by atoms with Gasteiger partial charge in [0.05, 0.1) is 11.7 Å². The number of aromatic hydroxyl groups is 1. The van der Waals surface area contributed by atoms with E-state index in [4.69, 9.17) is 4.74 Å². The van der Waals surface area contributed by atoms with Gasteiger partial charge in [0.2, 0.25) is 0 Å². The molecule has 1 atom stereocenters. The summed E-state index contributed by atoms with van der Waals surface area (Å²) in [5.41, 5.74) is 0.299. The van der Waals surface area contributed by atoms with Crippen LogP contribution in [0, 0.1) is 0 Å². The lowest BCUT2D eigenvalue weighted by molar-refractivity contribution is 0.0117. The van der Waals surface area contributed by atoms with E-state index in [0.717, 1.165) is 30.3 Å². The second kappa shape index (κ2) is 6.91. The molecule has 0 saturated carbocycles. The molecule has 1 aliphatic rings. The zero-order valence-electron chi connectivity index (χ0n) is 10.7. The molecule has 1 aromatic rings. The van der Waals surface area contributed by atoms with Gasteiger partial charge in [-0.15, -0.1) is 0 Å². The lowest BCUT2D eigenvalue weighted by atomic mass is 10.1. The van der Waals surface area contributed by atoms with Gasteiger partial charge >= 0.3 is 0 Å². The standard InChI is InChI=1S/C14H18BrNO3/c15-10-4-5-12(13(17)9-10)14(18)16-7-6-11-3-1-2-8-19-11/h4-5,9,11,17H,1-3,6-8H2,(H,16,18). The molecule has 0 spiro atoms. The van der Waals surface area contributed by atoms with Crippen molar-refractivity contribution in [2.24, 2.45) is 0 Å². The lowest BCUT2D eigenvalue weighted by Gasteiger charge is -2.22. The first kappa shape index (κ1) is 14.3. The highest BCUT2D eigenvalue weighted by Gasteiger charge is 2.15. The maximum Gasteiger partial charge on any atom is 0.255 e. The number of nitrogens with one attached hydrogen (secondary N) is 1. The van der Waals surface area contributed by atoms with Crippen LogP contribution in [0.5, 0.6) is 5.75 Å². The number of rotatable bonds is 4. The Balaban J connectivity index is 1.80. The van der Waals surface area contributed by atoms with Crippen LogP contribution in [0.3, 0.4) is 0 Å². The van der Waals surface area contributed by atoms with Crippen molar-refractivity contribution in [1.82, 2.24) is 5.32 Å². The van der Waals surface area contributed by atoms with E-state index in [2.05, 4.69) is 21.2 Å². The van der Waals surface area contributed by atoms with E-state index in [-0.39, 0.29) is 17.8 Å². The van der Waals surface area contributed by atoms with Crippen molar-refractivity contribution in [3.8, 4) is 5.75 Å². The van der Waals surface area contributed by atoms with Gasteiger partial charge < -0.3 is 15.2 Å². The number of carbonyl (C=O) groups excluding carboxylic acids is 1. The van der Waals surface area contributed by atoms with Crippen LogP contribution in [0.4, 0.5) is 0 Å². The molecule has 1 aromatic carbocycles. The summed E-state index contributed by atoms with van der Waals surface area (Å²) in [6.45, 7) is 1.39. The third-order valence-electron chi connectivity index (χ3n) is 3.23. The van der Waals surface area contributed by atoms with Crippen molar-refractivity contribution < 1.29 is 14.6 Å². The second-order valence-electron chi connectivity index (χ2n) is 4.69. The number of hydrogen-bond donors (Lipinski definition) is 2. The van der Waals surface area contributed by atoms with Crippen LogP contribution in [0.25, 0.3) is 0 Å². The van der Waals surface area contributed by atoms with E-state index in [9.17, 15) is 9.90 Å². The van der Waals surface area contributed by atoms with Gasteiger partial charge in [-0.2, -0.15) is 0 Å². The van der Waals surface area contributed by atoms with E-state index in [1.54, 1.807) is 12.1 Å². The molecular weight excluding hydrogens is 310 g/mol. The molecule has 0 aromatic heterocycles. The third-order valence-corrected chi connectivity index (χ3v) is 3.72. The summed E-state index contributed by atoms with van der Waals surface area (Å²) in [6.07, 6.45) is 4.48. The summed E-state index contributed by atoms with van der Waals surface area (Å²) < 4.78 is 6.35. The van der Waals surface area contributed by atoms with E-state index in [1.165, 1.54) is 12.5 Å². The Morgan fingerprint density at radius 1 is 1.47 bits per heavy atom. The summed E-state index contributed by atoms with van der Waals surface area (Å²) in [5, 5.41) is 12.5. The van der Waals surface area contributed by atoms with Crippen molar-refractivity contribution >= 4 is 21.8 Å². The molecule has 0 aliphatic carbocycles. The predicted octanol–water partition coefficient (Wildman–Crippen LogP) is 2.84. The molecule has 1 unspecified atom stereocenters. The number of halogens is 1. The lowest BCUT2D eigenvalue weighted by Crippen LogP contribution is -2.29. The van der Waals surface area contributed by atoms with Crippen LogP contribution in [0.2, 0.25) is 0 Å². The molecule has 19 heavy (non-hydrogen) atoms. The normalized spacial score (nSPS) is 19.1. The number of carbonyl (C=O) groups is 1. The summed E-state index contributed by atoms with van der Waals surface area (Å²) in [5.74, 6) is -0.262. The molecule has 4 nitrogen and oxygen atoms in total. The third kappa shape index (κ3) is 4.21. The molecule has 2 rings (SSSR count). The van der Waals surface area contributed by atoms with Crippen molar-refractivity contribution in [3.63, 3.8) is 0 Å². The minimum Gasteiger partial charge on any atom is -0.507 e. The molecule has 1 saturated heterocycles. The Morgan fingerprint density at radius 2 is 2.32 bits per heavy atom. The minimum absolute atomic E-state index is 0.0132. The number of phenolic OH excluding ortho intramolecular Hbond substituents is 1. The largest absolute Gasteiger partial charge is 0.507 e. The molecular formula is C14H18BrNO3. The number of hydrogen-bond acceptors (Lipinski definition) is 3. The highest BCUT2D eigenvalue weighted by molar-refractivity contribution is 9.10. The second-order valence-corrected chi connectivity index (χ2v) is 5.61. The summed E-state index contributed by atoms with van der Waals surface area (Å²) >= 11 is 3.24. The number of ether oxygens (including phenoxy) is 1. The van der Waals surface area contributed by atoms with Crippen LogP contribution in [0.15, 0.2) is 22.7 Å². The SMILES string of the molecule is O=C(NCCC1CCCCO1)c1ccc(Br)cc1O. The van der Waals surface area contributed by atoms with Crippen molar-refractivity contribution in [2.45, 2.75) is 31.8 Å². The van der Waals surface area contributed by atoms with E-state index in [0.29, 0.717) is 12.1 Å². The molecule has 1 amide bonds. The molecule has 1 fully saturated rings. The van der Waals surface area contributed by atoms with Gasteiger partial charge in [-0.3, -0.25) is 4.79 Å². The van der Waals surface area contributed by atoms with Crippen LogP contribution in [-0.2, 0) is 4.74 Å². The molecule has 1 heterocycles. The Kier molecular flexibility index (Phi) is 5.22. The Morgan fingerprint density at radius 3 is 3.00 bits per heavy atom. The minimum atomic E-state index is -0.249. The van der Waals surface area contributed by atoms with Crippen LogP contribution < -0.4 is 5.32 Å². The van der Waals surface area contributed by atoms with Gasteiger partial charge in [0.25, 0.3) is 5.91 Å². The fraction of sp³-hybridized carbons (Fsp3) is 0.500. The first-order chi connectivity index (χ1) is 9.16. The van der Waals surface area contributed by atoms with Gasteiger partial charge in [-0.05, 0) is 43.9 Å². The van der Waals surface area contributed by atoms with E-state index >= 15 is 0 Å². The van der Waals surface area contributed by atoms with Crippen molar-refractivity contribution in [2.75, 3.05) is 13.2 Å². The average molecular weight is 328 g/mol. The Bertz CT molecular complexity index is 444. The maximum absolute atomic E-state index is 11.9. The smallest absolute Gasteiger partial charge is 0.255 e. The van der Waals surface area contributed by atoms with Gasteiger partial charge in [-0.1, -0.05) is 15.9 Å². The van der Waals surface area contributed by atoms with Crippen molar-refractivity contribution in [3.05, 3.63) is 28.2 Å². The number of amides is 1. The molecule has 1 aliphatic heterocycles. The predicted molar refractivity (Wildman–Crippen MR) is 76.3 cm³/mol. The van der Waals surface area contributed by atoms with E-state index < -0.39 is 0 Å². The van der Waals surface area contributed by atoms with Gasteiger partial charge in [0.1, 0.15) is 5.75 Å². The average Bonchev–Trinajstić information content (AvgIpc) is 2.39. The van der Waals surface area contributed by atoms with Crippen LogP contribution in [0.1, 0.15) is 36.0 Å². The summed E-state index contributed by atoms with van der Waals surface area (Å²) in [6, 6.07) is 4.85. The molecule has 5 heteroatoms. The summed E-state index contributed by atoms with van der Waals surface area (Å²) in [7, 11) is 0. The van der Waals surface area contributed by atoms with Crippen molar-refractivity contribution in [1.29, 1.82) is 0 Å². The van der Waals surface area contributed by atoms with Crippen LogP contribution in [-0.4, -0.2) is 30.3 Å². The van der Waals surface area contributed by atoms with Gasteiger partial charge in [0, 0.05) is 17.6 Å². The first-order valence-corrected chi connectivity index (χ1v) is 7.34. The molecule has 0 radical (unpaired) electrons. The Labute approximate surface area is 121 Å². The fourth-order valence-corrected chi connectivity index (χ4v) is 2.52. The maximum atomic E-state index is 11.9.